The van der Waals surface area contributed by atoms with Crippen molar-refractivity contribution < 1.29 is 14.3 Å². The second-order valence-corrected chi connectivity index (χ2v) is 6.20. The van der Waals surface area contributed by atoms with E-state index < -0.39 is 0 Å². The zero-order valence-corrected chi connectivity index (χ0v) is 14.8. The number of carbonyl (C=O) groups excluding carboxylic acids is 2. The van der Waals surface area contributed by atoms with Gasteiger partial charge in [-0.3, -0.25) is 14.4 Å². The molecule has 0 bridgehead atoms. The van der Waals surface area contributed by atoms with Gasteiger partial charge in [-0.25, -0.2) is 0 Å². The van der Waals surface area contributed by atoms with Crippen LogP contribution in [0.25, 0.3) is 0 Å². The number of ether oxygens (including phenoxy) is 1. The molecule has 2 amide bonds. The van der Waals surface area contributed by atoms with E-state index in [1.165, 1.54) is 10.6 Å². The Kier molecular flexibility index (Phi) is 5.18. The van der Waals surface area contributed by atoms with E-state index in [1.54, 1.807) is 49.3 Å². The van der Waals surface area contributed by atoms with E-state index in [2.05, 4.69) is 5.32 Å². The lowest BCUT2D eigenvalue weighted by atomic mass is 10.0. The van der Waals surface area contributed by atoms with Crippen molar-refractivity contribution in [3.05, 3.63) is 63.6 Å². The molecule has 0 unspecified atom stereocenters. The molecule has 1 aliphatic heterocycles. The van der Waals surface area contributed by atoms with Crippen LogP contribution in [0.1, 0.15) is 26.3 Å². The highest BCUT2D eigenvalue weighted by atomic mass is 16.5. The molecule has 7 heteroatoms. The molecule has 1 N–H and O–H groups in total. The van der Waals surface area contributed by atoms with E-state index in [4.69, 9.17) is 4.74 Å². The molecule has 1 aromatic heterocycles. The van der Waals surface area contributed by atoms with Gasteiger partial charge in [-0.1, -0.05) is 6.07 Å². The van der Waals surface area contributed by atoms with Crippen LogP contribution in [-0.4, -0.2) is 47.6 Å². The maximum atomic E-state index is 12.7. The van der Waals surface area contributed by atoms with Gasteiger partial charge in [0.1, 0.15) is 0 Å². The number of nitrogens with zero attached hydrogens (tertiary/aromatic N) is 2. The maximum absolute atomic E-state index is 12.7. The molecule has 136 valence electrons. The molecule has 26 heavy (non-hydrogen) atoms. The molecule has 0 aliphatic carbocycles. The Hall–Kier alpha value is -2.93. The Morgan fingerprint density at radius 3 is 2.58 bits per heavy atom. The summed E-state index contributed by atoms with van der Waals surface area (Å²) in [5.41, 5.74) is 1.81. The number of aryl methyl sites for hydroxylation is 1. The van der Waals surface area contributed by atoms with Gasteiger partial charge in [-0.15, -0.1) is 0 Å². The van der Waals surface area contributed by atoms with Crippen LogP contribution < -0.4 is 10.9 Å². The van der Waals surface area contributed by atoms with Crippen molar-refractivity contribution in [2.45, 2.75) is 6.92 Å². The molecule has 1 fully saturated rings. The van der Waals surface area contributed by atoms with Gasteiger partial charge in [-0.05, 0) is 30.7 Å². The summed E-state index contributed by atoms with van der Waals surface area (Å²) in [6.07, 6.45) is 1.54. The number of anilines is 1. The van der Waals surface area contributed by atoms with Gasteiger partial charge in [0.2, 0.25) is 0 Å². The molecular formula is C19H21N3O4. The Morgan fingerprint density at radius 2 is 1.88 bits per heavy atom. The summed E-state index contributed by atoms with van der Waals surface area (Å²) in [5.74, 6) is -0.461. The number of morpholine rings is 1. The van der Waals surface area contributed by atoms with Crippen molar-refractivity contribution in [3.63, 3.8) is 0 Å². The zero-order chi connectivity index (χ0) is 18.7. The van der Waals surface area contributed by atoms with Crippen LogP contribution >= 0.6 is 0 Å². The predicted octanol–water partition coefficient (Wildman–Crippen LogP) is 1.42. The van der Waals surface area contributed by atoms with Crippen LogP contribution in [0.15, 0.2) is 41.3 Å². The number of nitrogens with one attached hydrogen (secondary N) is 1. The number of hydrogen-bond donors (Lipinski definition) is 1. The summed E-state index contributed by atoms with van der Waals surface area (Å²) >= 11 is 0. The minimum Gasteiger partial charge on any atom is -0.378 e. The van der Waals surface area contributed by atoms with Gasteiger partial charge in [0.25, 0.3) is 17.4 Å². The average Bonchev–Trinajstić information content (AvgIpc) is 2.65. The Labute approximate surface area is 151 Å². The molecule has 0 spiro atoms. The van der Waals surface area contributed by atoms with E-state index in [9.17, 15) is 14.4 Å². The van der Waals surface area contributed by atoms with Crippen LogP contribution in [0.5, 0.6) is 0 Å². The van der Waals surface area contributed by atoms with Crippen LogP contribution in [0.4, 0.5) is 5.69 Å². The minimum atomic E-state index is -0.387. The van der Waals surface area contributed by atoms with Crippen molar-refractivity contribution in [2.75, 3.05) is 31.6 Å². The number of pyridine rings is 1. The maximum Gasteiger partial charge on any atom is 0.255 e. The fourth-order valence-electron chi connectivity index (χ4n) is 2.82. The highest BCUT2D eigenvalue weighted by Crippen LogP contribution is 2.21. The van der Waals surface area contributed by atoms with Gasteiger partial charge in [0.15, 0.2) is 0 Å². The number of carbonyl (C=O) groups is 2. The first-order valence-corrected chi connectivity index (χ1v) is 8.42. The number of benzene rings is 1. The second kappa shape index (κ2) is 7.53. The van der Waals surface area contributed by atoms with Crippen molar-refractivity contribution in [3.8, 4) is 0 Å². The van der Waals surface area contributed by atoms with Crippen LogP contribution in [0.3, 0.4) is 0 Å². The number of rotatable bonds is 3. The van der Waals surface area contributed by atoms with Gasteiger partial charge in [-0.2, -0.15) is 0 Å². The lowest BCUT2D eigenvalue weighted by molar-refractivity contribution is 0.0302. The number of hydrogen-bond acceptors (Lipinski definition) is 4. The molecule has 0 saturated carbocycles. The first-order chi connectivity index (χ1) is 12.5. The molecule has 3 rings (SSSR count). The summed E-state index contributed by atoms with van der Waals surface area (Å²) in [7, 11) is 1.62. The van der Waals surface area contributed by atoms with Gasteiger partial charge < -0.3 is 19.5 Å². The monoisotopic (exact) mass is 355 g/mol. The summed E-state index contributed by atoms with van der Waals surface area (Å²) in [5, 5.41) is 2.79. The lowest BCUT2D eigenvalue weighted by Crippen LogP contribution is -2.41. The molecule has 1 aromatic carbocycles. The topological polar surface area (TPSA) is 80.6 Å². The summed E-state index contributed by atoms with van der Waals surface area (Å²) in [6, 6.07) is 8.09. The highest BCUT2D eigenvalue weighted by molar-refractivity contribution is 6.06. The molecule has 1 saturated heterocycles. The minimum absolute atomic E-state index is 0.0736. The first-order valence-electron chi connectivity index (χ1n) is 8.42. The SMILES string of the molecule is Cc1c(NC(=O)c2ccn(C)c(=O)c2)cccc1C(=O)N1CCOCC1. The quantitative estimate of drug-likeness (QED) is 0.903. The fraction of sp³-hybridized carbons (Fsp3) is 0.316. The van der Waals surface area contributed by atoms with E-state index in [0.717, 1.165) is 0 Å². The van der Waals surface area contributed by atoms with E-state index in [1.807, 2.05) is 0 Å². The van der Waals surface area contributed by atoms with Gasteiger partial charge in [0, 0.05) is 49.2 Å². The smallest absolute Gasteiger partial charge is 0.255 e. The second-order valence-electron chi connectivity index (χ2n) is 6.20. The molecule has 2 heterocycles. The Bertz CT molecular complexity index is 898. The van der Waals surface area contributed by atoms with Crippen molar-refractivity contribution >= 4 is 17.5 Å². The van der Waals surface area contributed by atoms with Crippen molar-refractivity contribution in [1.82, 2.24) is 9.47 Å². The predicted molar refractivity (Wildman–Crippen MR) is 97.5 cm³/mol. The van der Waals surface area contributed by atoms with E-state index >= 15 is 0 Å². The molecule has 2 aromatic rings. The largest absolute Gasteiger partial charge is 0.378 e. The average molecular weight is 355 g/mol. The van der Waals surface area contributed by atoms with Gasteiger partial charge in [0.05, 0.1) is 13.2 Å². The molecule has 1 aliphatic rings. The molecule has 0 radical (unpaired) electrons. The summed E-state index contributed by atoms with van der Waals surface area (Å²) in [6.45, 7) is 3.98. The van der Waals surface area contributed by atoms with E-state index in [-0.39, 0.29) is 22.9 Å². The molecular weight excluding hydrogens is 334 g/mol. The third-order valence-corrected chi connectivity index (χ3v) is 4.48. The highest BCUT2D eigenvalue weighted by Gasteiger charge is 2.21. The van der Waals surface area contributed by atoms with Crippen molar-refractivity contribution in [1.29, 1.82) is 0 Å². The third-order valence-electron chi connectivity index (χ3n) is 4.48. The third kappa shape index (κ3) is 3.67. The zero-order valence-electron chi connectivity index (χ0n) is 14.8. The fourth-order valence-corrected chi connectivity index (χ4v) is 2.82. The van der Waals surface area contributed by atoms with Crippen LogP contribution in [0.2, 0.25) is 0 Å². The number of aromatic nitrogens is 1. The first kappa shape index (κ1) is 17.9. The normalized spacial score (nSPS) is 14.2. The number of amides is 2. The summed E-state index contributed by atoms with van der Waals surface area (Å²) in [4.78, 5) is 38.6. The van der Waals surface area contributed by atoms with Crippen LogP contribution in [-0.2, 0) is 11.8 Å². The summed E-state index contributed by atoms with van der Waals surface area (Å²) < 4.78 is 6.67. The van der Waals surface area contributed by atoms with Gasteiger partial charge >= 0.3 is 0 Å². The molecule has 7 nitrogen and oxygen atoms in total. The Balaban J connectivity index is 1.82. The standard InChI is InChI=1S/C19H21N3O4/c1-13-15(19(25)22-8-10-26-11-9-22)4-3-5-16(13)20-18(24)14-6-7-21(2)17(23)12-14/h3-7,12H,8-11H2,1-2H3,(H,20,24). The Morgan fingerprint density at radius 1 is 1.15 bits per heavy atom. The lowest BCUT2D eigenvalue weighted by Gasteiger charge is -2.27. The van der Waals surface area contributed by atoms with E-state index in [0.29, 0.717) is 43.1 Å². The van der Waals surface area contributed by atoms with Crippen molar-refractivity contribution in [2.24, 2.45) is 7.05 Å². The molecule has 0 atom stereocenters. The van der Waals surface area contributed by atoms with Crippen LogP contribution in [0, 0.1) is 6.92 Å².